The van der Waals surface area contributed by atoms with Gasteiger partial charge in [-0.05, 0) is 44.4 Å². The highest BCUT2D eigenvalue weighted by Gasteiger charge is 2.18. The lowest BCUT2D eigenvalue weighted by molar-refractivity contribution is 0.152. The second-order valence-electron chi connectivity index (χ2n) is 6.45. The summed E-state index contributed by atoms with van der Waals surface area (Å²) in [6.45, 7) is 12.7. The minimum absolute atomic E-state index is 0.682. The maximum Gasteiger partial charge on any atom is 0.191 e. The molecular formula is C20H32N4. The summed E-state index contributed by atoms with van der Waals surface area (Å²) in [6, 6.07) is 9.37. The number of guanidine groups is 1. The molecule has 4 heteroatoms. The van der Waals surface area contributed by atoms with E-state index in [4.69, 9.17) is 4.99 Å². The van der Waals surface area contributed by atoms with Gasteiger partial charge in [-0.15, -0.1) is 6.58 Å². The monoisotopic (exact) mass is 328 g/mol. The zero-order valence-electron chi connectivity index (χ0n) is 15.2. The smallest absolute Gasteiger partial charge is 0.191 e. The van der Waals surface area contributed by atoms with Gasteiger partial charge in [0.05, 0.1) is 6.54 Å². The third-order valence-corrected chi connectivity index (χ3v) is 4.60. The van der Waals surface area contributed by atoms with Crippen molar-refractivity contribution in [3.8, 4) is 0 Å². The molecule has 1 unspecified atom stereocenters. The Hall–Kier alpha value is -1.81. The van der Waals surface area contributed by atoms with Crippen LogP contribution in [0.4, 0.5) is 0 Å². The molecule has 24 heavy (non-hydrogen) atoms. The lowest BCUT2D eigenvalue weighted by atomic mass is 10.0. The molecule has 2 N–H and O–H groups in total. The molecule has 0 bridgehead atoms. The Labute approximate surface area is 147 Å². The number of rotatable bonds is 7. The Kier molecular flexibility index (Phi) is 7.83. The first-order valence-corrected chi connectivity index (χ1v) is 9.18. The summed E-state index contributed by atoms with van der Waals surface area (Å²) in [6.07, 6.45) is 5.85. The quantitative estimate of drug-likeness (QED) is 0.458. The molecule has 0 aromatic heterocycles. The van der Waals surface area contributed by atoms with E-state index in [9.17, 15) is 0 Å². The van der Waals surface area contributed by atoms with Gasteiger partial charge in [0.25, 0.3) is 0 Å². The summed E-state index contributed by atoms with van der Waals surface area (Å²) in [5.41, 5.74) is 2.71. The van der Waals surface area contributed by atoms with Crippen molar-refractivity contribution in [2.45, 2.75) is 52.2 Å². The minimum Gasteiger partial charge on any atom is -0.357 e. The molecule has 4 nitrogen and oxygen atoms in total. The summed E-state index contributed by atoms with van der Waals surface area (Å²) in [7, 11) is 0. The van der Waals surface area contributed by atoms with Crippen molar-refractivity contribution in [1.82, 2.24) is 15.5 Å². The average Bonchev–Trinajstić information content (AvgIpc) is 2.60. The van der Waals surface area contributed by atoms with Crippen molar-refractivity contribution in [2.75, 3.05) is 19.6 Å². The molecule has 1 atom stereocenters. The van der Waals surface area contributed by atoms with E-state index < -0.39 is 0 Å². The molecule has 0 amide bonds. The predicted molar refractivity (Wildman–Crippen MR) is 103 cm³/mol. The average molecular weight is 329 g/mol. The molecule has 0 radical (unpaired) electrons. The molecule has 1 saturated heterocycles. The van der Waals surface area contributed by atoms with Crippen molar-refractivity contribution in [3.63, 3.8) is 0 Å². The van der Waals surface area contributed by atoms with Gasteiger partial charge in [-0.25, -0.2) is 4.99 Å². The third kappa shape index (κ3) is 5.68. The Bertz CT molecular complexity index is 538. The summed E-state index contributed by atoms with van der Waals surface area (Å²) >= 11 is 0. The predicted octanol–water partition coefficient (Wildman–Crippen LogP) is 3.30. The van der Waals surface area contributed by atoms with Crippen LogP contribution in [-0.2, 0) is 13.1 Å². The van der Waals surface area contributed by atoms with Crippen LogP contribution in [0.1, 0.15) is 44.2 Å². The van der Waals surface area contributed by atoms with Gasteiger partial charge in [0.15, 0.2) is 5.96 Å². The largest absolute Gasteiger partial charge is 0.357 e. The van der Waals surface area contributed by atoms with E-state index in [1.807, 2.05) is 6.08 Å². The topological polar surface area (TPSA) is 39.7 Å². The molecule has 1 heterocycles. The van der Waals surface area contributed by atoms with Crippen LogP contribution in [0.15, 0.2) is 41.9 Å². The molecule has 0 aliphatic carbocycles. The van der Waals surface area contributed by atoms with Gasteiger partial charge in [0.2, 0.25) is 0 Å². The number of nitrogens with one attached hydrogen (secondary N) is 2. The van der Waals surface area contributed by atoms with Crippen LogP contribution in [0.5, 0.6) is 0 Å². The lowest BCUT2D eigenvalue weighted by Gasteiger charge is -2.33. The zero-order valence-corrected chi connectivity index (χ0v) is 15.2. The van der Waals surface area contributed by atoms with Crippen LogP contribution in [0.2, 0.25) is 0 Å². The highest BCUT2D eigenvalue weighted by atomic mass is 15.2. The van der Waals surface area contributed by atoms with Crippen molar-refractivity contribution in [2.24, 2.45) is 4.99 Å². The van der Waals surface area contributed by atoms with Gasteiger partial charge < -0.3 is 10.6 Å². The molecular weight excluding hydrogens is 296 g/mol. The van der Waals surface area contributed by atoms with E-state index in [-0.39, 0.29) is 0 Å². The Morgan fingerprint density at radius 2 is 2.08 bits per heavy atom. The van der Waals surface area contributed by atoms with Gasteiger partial charge in [-0.1, -0.05) is 36.8 Å². The van der Waals surface area contributed by atoms with Gasteiger partial charge in [-0.3, -0.25) is 4.90 Å². The van der Waals surface area contributed by atoms with E-state index in [1.54, 1.807) is 0 Å². The van der Waals surface area contributed by atoms with Gasteiger partial charge in [0.1, 0.15) is 0 Å². The zero-order chi connectivity index (χ0) is 17.2. The maximum absolute atomic E-state index is 4.72. The van der Waals surface area contributed by atoms with E-state index in [0.29, 0.717) is 12.6 Å². The van der Waals surface area contributed by atoms with E-state index in [0.717, 1.165) is 25.6 Å². The summed E-state index contributed by atoms with van der Waals surface area (Å²) < 4.78 is 0. The molecule has 132 valence electrons. The number of aliphatic imine (C=N–C) groups is 1. The van der Waals surface area contributed by atoms with Crippen LogP contribution in [0.25, 0.3) is 0 Å². The number of benzene rings is 1. The number of hydrogen-bond donors (Lipinski definition) is 2. The Balaban J connectivity index is 2.05. The minimum atomic E-state index is 0.682. The van der Waals surface area contributed by atoms with Crippen molar-refractivity contribution in [1.29, 1.82) is 0 Å². The standard InChI is InChI=1S/C20H32N4/c1-4-13-22-20(21-5-2)23-15-18-11-6-7-12-19(18)16-24-14-9-8-10-17(24)3/h4,6-7,11-12,17H,1,5,8-10,13-16H2,2-3H3,(H2,21,22,23). The van der Waals surface area contributed by atoms with Crippen LogP contribution in [-0.4, -0.2) is 36.5 Å². The Morgan fingerprint density at radius 1 is 1.29 bits per heavy atom. The highest BCUT2D eigenvalue weighted by Crippen LogP contribution is 2.21. The molecule has 0 saturated carbocycles. The van der Waals surface area contributed by atoms with Gasteiger partial charge >= 0.3 is 0 Å². The molecule has 0 spiro atoms. The lowest BCUT2D eigenvalue weighted by Crippen LogP contribution is -2.37. The SMILES string of the molecule is C=CCNC(=NCc1ccccc1CN1CCCCC1C)NCC. The number of hydrogen-bond acceptors (Lipinski definition) is 2. The maximum atomic E-state index is 4.72. The first kappa shape index (κ1) is 18.5. The molecule has 2 rings (SSSR count). The fourth-order valence-electron chi connectivity index (χ4n) is 3.15. The van der Waals surface area contributed by atoms with Crippen molar-refractivity contribution in [3.05, 3.63) is 48.0 Å². The summed E-state index contributed by atoms with van der Waals surface area (Å²) in [5, 5.41) is 6.54. The number of likely N-dealkylation sites (tertiary alicyclic amines) is 1. The normalized spacial score (nSPS) is 19.1. The van der Waals surface area contributed by atoms with Crippen LogP contribution in [0.3, 0.4) is 0 Å². The molecule has 1 aromatic carbocycles. The van der Waals surface area contributed by atoms with Gasteiger partial charge in [0, 0.05) is 25.7 Å². The van der Waals surface area contributed by atoms with Crippen molar-refractivity contribution >= 4 is 5.96 Å². The fourth-order valence-corrected chi connectivity index (χ4v) is 3.15. The molecule has 1 aromatic rings. The molecule has 1 aliphatic heterocycles. The first-order chi connectivity index (χ1) is 11.7. The number of piperidine rings is 1. The van der Waals surface area contributed by atoms with E-state index in [2.05, 4.69) is 60.2 Å². The second-order valence-corrected chi connectivity index (χ2v) is 6.45. The second kappa shape index (κ2) is 10.1. The first-order valence-electron chi connectivity index (χ1n) is 9.18. The van der Waals surface area contributed by atoms with E-state index >= 15 is 0 Å². The fraction of sp³-hybridized carbons (Fsp3) is 0.550. The van der Waals surface area contributed by atoms with Crippen LogP contribution >= 0.6 is 0 Å². The Morgan fingerprint density at radius 3 is 2.79 bits per heavy atom. The molecule has 1 fully saturated rings. The number of nitrogens with zero attached hydrogens (tertiary/aromatic N) is 2. The van der Waals surface area contributed by atoms with Gasteiger partial charge in [-0.2, -0.15) is 0 Å². The molecule has 1 aliphatic rings. The summed E-state index contributed by atoms with van der Waals surface area (Å²) in [5.74, 6) is 0.846. The third-order valence-electron chi connectivity index (χ3n) is 4.60. The summed E-state index contributed by atoms with van der Waals surface area (Å²) in [4.78, 5) is 7.33. The van der Waals surface area contributed by atoms with Crippen LogP contribution in [0, 0.1) is 0 Å². The van der Waals surface area contributed by atoms with Crippen LogP contribution < -0.4 is 10.6 Å². The van der Waals surface area contributed by atoms with E-state index in [1.165, 1.54) is 36.9 Å². The van der Waals surface area contributed by atoms with Crippen molar-refractivity contribution < 1.29 is 0 Å². The highest BCUT2D eigenvalue weighted by molar-refractivity contribution is 5.79.